The highest BCUT2D eigenvalue weighted by molar-refractivity contribution is 5.91. The van der Waals surface area contributed by atoms with Crippen molar-refractivity contribution in [2.45, 2.75) is 65.0 Å². The minimum atomic E-state index is -0.357. The Bertz CT molecular complexity index is 1070. The molecule has 194 valence electrons. The molecule has 0 unspecified atom stereocenters. The standard InChI is InChI=1S/C29H38FN3O3/c1-20-18-32(14-15-33(20)29(35)23-6-4-5-7-23)19-24-16-25(30)17-27(21(24)2)31-28(34)13-10-22-8-11-26(36-3)12-9-22/h8-9,11-12,16-17,20,23H,4-7,10,13-15,18-19H2,1-3H3,(H,31,34)/t20-/m0/s1. The maximum absolute atomic E-state index is 14.5. The van der Waals surface area contributed by atoms with E-state index in [0.717, 1.165) is 61.2 Å². The van der Waals surface area contributed by atoms with E-state index in [9.17, 15) is 14.0 Å². The molecular formula is C29H38FN3O3. The Balaban J connectivity index is 1.34. The minimum absolute atomic E-state index is 0.137. The number of carbonyl (C=O) groups is 2. The number of hydrogen-bond acceptors (Lipinski definition) is 4. The number of halogens is 1. The van der Waals surface area contributed by atoms with Gasteiger partial charge in [0.25, 0.3) is 0 Å². The average molecular weight is 496 g/mol. The fraction of sp³-hybridized carbons (Fsp3) is 0.517. The van der Waals surface area contributed by atoms with Crippen molar-refractivity contribution in [3.63, 3.8) is 0 Å². The van der Waals surface area contributed by atoms with Crippen molar-refractivity contribution in [1.29, 1.82) is 0 Å². The zero-order valence-corrected chi connectivity index (χ0v) is 21.7. The SMILES string of the molecule is COc1ccc(CCC(=O)Nc2cc(F)cc(CN3CCN(C(=O)C4CCCC4)[C@@H](C)C3)c2C)cc1. The number of carbonyl (C=O) groups excluding carboxylic acids is 2. The van der Waals surface area contributed by atoms with E-state index in [1.807, 2.05) is 36.1 Å². The number of piperazine rings is 1. The van der Waals surface area contributed by atoms with Gasteiger partial charge in [0.2, 0.25) is 11.8 Å². The molecule has 1 saturated heterocycles. The first kappa shape index (κ1) is 26.1. The molecule has 0 spiro atoms. The molecule has 2 aromatic rings. The van der Waals surface area contributed by atoms with Crippen LogP contribution in [0.4, 0.5) is 10.1 Å². The molecule has 2 aliphatic rings. The Morgan fingerprint density at radius 1 is 1.11 bits per heavy atom. The number of rotatable bonds is 8. The molecule has 1 aliphatic heterocycles. The van der Waals surface area contributed by atoms with Crippen molar-refractivity contribution in [1.82, 2.24) is 9.80 Å². The van der Waals surface area contributed by atoms with Crippen LogP contribution in [0.2, 0.25) is 0 Å². The van der Waals surface area contributed by atoms with Gasteiger partial charge in [-0.05, 0) is 74.1 Å². The highest BCUT2D eigenvalue weighted by Gasteiger charge is 2.33. The number of amides is 2. The molecule has 1 heterocycles. The van der Waals surface area contributed by atoms with Crippen LogP contribution in [-0.4, -0.2) is 54.4 Å². The molecule has 4 rings (SSSR count). The van der Waals surface area contributed by atoms with Crippen LogP contribution in [0.15, 0.2) is 36.4 Å². The van der Waals surface area contributed by atoms with Crippen LogP contribution >= 0.6 is 0 Å². The predicted octanol–water partition coefficient (Wildman–Crippen LogP) is 4.94. The average Bonchev–Trinajstić information content (AvgIpc) is 3.41. The van der Waals surface area contributed by atoms with E-state index in [1.165, 1.54) is 6.07 Å². The summed E-state index contributed by atoms with van der Waals surface area (Å²) in [7, 11) is 1.62. The van der Waals surface area contributed by atoms with Gasteiger partial charge in [0, 0.05) is 50.2 Å². The summed E-state index contributed by atoms with van der Waals surface area (Å²) < 4.78 is 19.7. The molecule has 0 bridgehead atoms. The normalized spacial score (nSPS) is 18.9. The fourth-order valence-electron chi connectivity index (χ4n) is 5.44. The molecule has 1 N–H and O–H groups in total. The summed E-state index contributed by atoms with van der Waals surface area (Å²) in [4.78, 5) is 29.8. The van der Waals surface area contributed by atoms with Gasteiger partial charge < -0.3 is 15.0 Å². The van der Waals surface area contributed by atoms with Crippen molar-refractivity contribution in [3.05, 3.63) is 58.9 Å². The molecule has 2 fully saturated rings. The third-order valence-corrected chi connectivity index (χ3v) is 7.65. The van der Waals surface area contributed by atoms with Gasteiger partial charge in [-0.15, -0.1) is 0 Å². The Hall–Kier alpha value is -2.93. The van der Waals surface area contributed by atoms with Gasteiger partial charge in [0.15, 0.2) is 0 Å². The zero-order chi connectivity index (χ0) is 25.7. The summed E-state index contributed by atoms with van der Waals surface area (Å²) >= 11 is 0. The van der Waals surface area contributed by atoms with Gasteiger partial charge in [-0.25, -0.2) is 4.39 Å². The Morgan fingerprint density at radius 3 is 2.50 bits per heavy atom. The number of ether oxygens (including phenoxy) is 1. The number of hydrogen-bond donors (Lipinski definition) is 1. The molecule has 6 nitrogen and oxygen atoms in total. The van der Waals surface area contributed by atoms with E-state index in [4.69, 9.17) is 4.74 Å². The topological polar surface area (TPSA) is 61.9 Å². The molecular weight excluding hydrogens is 457 g/mol. The molecule has 2 aromatic carbocycles. The number of aryl methyl sites for hydroxylation is 1. The fourth-order valence-corrected chi connectivity index (χ4v) is 5.44. The summed E-state index contributed by atoms with van der Waals surface area (Å²) in [5.74, 6) is 0.784. The molecule has 1 saturated carbocycles. The maximum Gasteiger partial charge on any atom is 0.226 e. The number of nitrogens with zero attached hydrogens (tertiary/aromatic N) is 2. The quantitative estimate of drug-likeness (QED) is 0.564. The van der Waals surface area contributed by atoms with Crippen molar-refractivity contribution < 1.29 is 18.7 Å². The summed E-state index contributed by atoms with van der Waals surface area (Å²) in [6, 6.07) is 10.7. The summed E-state index contributed by atoms with van der Waals surface area (Å²) in [5.41, 5.74) is 3.31. The smallest absolute Gasteiger partial charge is 0.226 e. The first-order valence-corrected chi connectivity index (χ1v) is 13.1. The van der Waals surface area contributed by atoms with E-state index in [2.05, 4.69) is 17.1 Å². The second-order valence-corrected chi connectivity index (χ2v) is 10.2. The van der Waals surface area contributed by atoms with Crippen LogP contribution in [-0.2, 0) is 22.6 Å². The minimum Gasteiger partial charge on any atom is -0.497 e. The van der Waals surface area contributed by atoms with Crippen LogP contribution in [0.5, 0.6) is 5.75 Å². The summed E-state index contributed by atoms with van der Waals surface area (Å²) in [6.45, 7) is 6.86. The highest BCUT2D eigenvalue weighted by Crippen LogP contribution is 2.29. The second-order valence-electron chi connectivity index (χ2n) is 10.2. The van der Waals surface area contributed by atoms with Crippen LogP contribution in [0.25, 0.3) is 0 Å². The number of benzene rings is 2. The van der Waals surface area contributed by atoms with E-state index < -0.39 is 0 Å². The largest absolute Gasteiger partial charge is 0.497 e. The molecule has 7 heteroatoms. The number of anilines is 1. The van der Waals surface area contributed by atoms with Gasteiger partial charge in [0.1, 0.15) is 11.6 Å². The molecule has 36 heavy (non-hydrogen) atoms. The monoisotopic (exact) mass is 495 g/mol. The highest BCUT2D eigenvalue weighted by atomic mass is 19.1. The van der Waals surface area contributed by atoms with E-state index in [0.29, 0.717) is 37.5 Å². The molecule has 1 aliphatic carbocycles. The van der Waals surface area contributed by atoms with Crippen molar-refractivity contribution in [2.24, 2.45) is 5.92 Å². The van der Waals surface area contributed by atoms with Crippen LogP contribution < -0.4 is 10.1 Å². The Labute approximate surface area is 213 Å². The van der Waals surface area contributed by atoms with E-state index >= 15 is 0 Å². The maximum atomic E-state index is 14.5. The predicted molar refractivity (Wildman–Crippen MR) is 139 cm³/mol. The van der Waals surface area contributed by atoms with Crippen LogP contribution in [0.3, 0.4) is 0 Å². The lowest BCUT2D eigenvalue weighted by molar-refractivity contribution is -0.140. The van der Waals surface area contributed by atoms with Gasteiger partial charge in [-0.2, -0.15) is 0 Å². The first-order chi connectivity index (χ1) is 17.3. The van der Waals surface area contributed by atoms with E-state index in [1.54, 1.807) is 13.2 Å². The van der Waals surface area contributed by atoms with Crippen LogP contribution in [0, 0.1) is 18.7 Å². The van der Waals surface area contributed by atoms with Crippen LogP contribution in [0.1, 0.15) is 55.7 Å². The molecule has 0 radical (unpaired) electrons. The third kappa shape index (κ3) is 6.44. The third-order valence-electron chi connectivity index (χ3n) is 7.65. The number of nitrogens with one attached hydrogen (secondary N) is 1. The number of methoxy groups -OCH3 is 1. The molecule has 0 aromatic heterocycles. The van der Waals surface area contributed by atoms with E-state index in [-0.39, 0.29) is 23.7 Å². The Morgan fingerprint density at radius 2 is 1.83 bits per heavy atom. The summed E-state index contributed by atoms with van der Waals surface area (Å²) in [5, 5.41) is 2.91. The van der Waals surface area contributed by atoms with Gasteiger partial charge >= 0.3 is 0 Å². The lowest BCUT2D eigenvalue weighted by Crippen LogP contribution is -2.54. The lowest BCUT2D eigenvalue weighted by atomic mass is 10.0. The first-order valence-electron chi connectivity index (χ1n) is 13.1. The van der Waals surface area contributed by atoms with Crippen molar-refractivity contribution in [3.8, 4) is 5.75 Å². The summed E-state index contributed by atoms with van der Waals surface area (Å²) in [6.07, 6.45) is 5.25. The second kappa shape index (κ2) is 11.9. The Kier molecular flexibility index (Phi) is 8.62. The lowest BCUT2D eigenvalue weighted by Gasteiger charge is -2.41. The van der Waals surface area contributed by atoms with Gasteiger partial charge in [0.05, 0.1) is 7.11 Å². The van der Waals surface area contributed by atoms with Crippen molar-refractivity contribution >= 4 is 17.5 Å². The van der Waals surface area contributed by atoms with Crippen molar-refractivity contribution in [2.75, 3.05) is 32.1 Å². The zero-order valence-electron chi connectivity index (χ0n) is 21.7. The molecule has 2 amide bonds. The van der Waals surface area contributed by atoms with Gasteiger partial charge in [-0.3, -0.25) is 14.5 Å². The van der Waals surface area contributed by atoms with Gasteiger partial charge in [-0.1, -0.05) is 25.0 Å². The molecule has 1 atom stereocenters.